The molecule has 3 nitrogen and oxygen atoms in total. The molecule has 1 aliphatic heterocycles. The van der Waals surface area contributed by atoms with Crippen molar-refractivity contribution in [2.24, 2.45) is 11.8 Å². The van der Waals surface area contributed by atoms with Crippen LogP contribution in [0.1, 0.15) is 53.5 Å². The smallest absolute Gasteiger partial charge is 0.416 e. The summed E-state index contributed by atoms with van der Waals surface area (Å²) in [5.41, 5.74) is -1.83. The van der Waals surface area contributed by atoms with E-state index in [-0.39, 0.29) is 17.0 Å². The molecule has 0 spiro atoms. The Bertz CT molecular complexity index is 1200. The number of hydrogen-bond acceptors (Lipinski definition) is 2. The summed E-state index contributed by atoms with van der Waals surface area (Å²) in [6.07, 6.45) is -5.52. The molecule has 0 amide bonds. The first-order valence-corrected chi connectivity index (χ1v) is 13.6. The molecule has 0 radical (unpaired) electrons. The number of alkyl halides is 6. The van der Waals surface area contributed by atoms with Crippen molar-refractivity contribution in [3.8, 4) is 5.75 Å². The normalized spacial score (nSPS) is 20.4. The minimum Gasteiger partial charge on any atom is -0.493 e. The first kappa shape index (κ1) is 28.5. The van der Waals surface area contributed by atoms with E-state index in [0.29, 0.717) is 31.8 Å². The van der Waals surface area contributed by atoms with E-state index in [1.54, 1.807) is 0 Å². The third kappa shape index (κ3) is 6.47. The molecule has 1 heterocycles. The van der Waals surface area contributed by atoms with Gasteiger partial charge in [-0.25, -0.2) is 0 Å². The second kappa shape index (κ2) is 11.1. The quantitative estimate of drug-likeness (QED) is 0.318. The lowest BCUT2D eigenvalue weighted by Crippen LogP contribution is -3.11. The second-order valence-electron chi connectivity index (χ2n) is 11.0. The Morgan fingerprint density at radius 2 is 1.10 bits per heavy atom. The van der Waals surface area contributed by atoms with Crippen LogP contribution in [0.15, 0.2) is 72.8 Å². The van der Waals surface area contributed by atoms with Crippen LogP contribution in [0.4, 0.5) is 26.3 Å². The van der Waals surface area contributed by atoms with Gasteiger partial charge < -0.3 is 14.7 Å². The number of rotatable bonds is 8. The first-order chi connectivity index (χ1) is 18.9. The molecule has 9 heteroatoms. The molecule has 1 saturated heterocycles. The molecule has 1 aliphatic carbocycles. The molecular formula is C31H32F6NO2+. The number of nitrogens with one attached hydrogen (secondary N) is 1. The highest BCUT2D eigenvalue weighted by molar-refractivity contribution is 5.40. The molecule has 2 aliphatic rings. The van der Waals surface area contributed by atoms with E-state index in [1.807, 2.05) is 24.3 Å². The van der Waals surface area contributed by atoms with Gasteiger partial charge >= 0.3 is 12.4 Å². The molecule has 0 bridgehead atoms. The summed E-state index contributed by atoms with van der Waals surface area (Å²) >= 11 is 0. The van der Waals surface area contributed by atoms with Crippen LogP contribution in [-0.2, 0) is 24.5 Å². The summed E-state index contributed by atoms with van der Waals surface area (Å²) < 4.78 is 84.9. The van der Waals surface area contributed by atoms with E-state index in [2.05, 4.69) is 0 Å². The van der Waals surface area contributed by atoms with Gasteiger partial charge in [0.05, 0.1) is 30.8 Å². The van der Waals surface area contributed by atoms with Gasteiger partial charge in [-0.3, -0.25) is 0 Å². The van der Waals surface area contributed by atoms with E-state index in [9.17, 15) is 31.4 Å². The Balaban J connectivity index is 1.32. The molecule has 0 aromatic heterocycles. The largest absolute Gasteiger partial charge is 0.493 e. The van der Waals surface area contributed by atoms with E-state index in [4.69, 9.17) is 4.74 Å². The summed E-state index contributed by atoms with van der Waals surface area (Å²) in [4.78, 5) is 1.30. The summed E-state index contributed by atoms with van der Waals surface area (Å²) in [6, 6.07) is 16.6. The van der Waals surface area contributed by atoms with Gasteiger partial charge in [0.15, 0.2) is 0 Å². The fourth-order valence-electron chi connectivity index (χ4n) is 5.58. The number of halogens is 6. The number of likely N-dealkylation sites (tertiary alicyclic amines) is 1. The Kier molecular flexibility index (Phi) is 7.90. The Hall–Kier alpha value is -3.04. The highest BCUT2D eigenvalue weighted by Crippen LogP contribution is 2.42. The van der Waals surface area contributed by atoms with Crippen molar-refractivity contribution in [1.82, 2.24) is 0 Å². The fraction of sp³-hybridized carbons (Fsp3) is 0.419. The van der Waals surface area contributed by atoms with Crippen molar-refractivity contribution in [1.29, 1.82) is 0 Å². The highest BCUT2D eigenvalue weighted by Gasteiger charge is 2.44. The van der Waals surface area contributed by atoms with Crippen molar-refractivity contribution in [3.63, 3.8) is 0 Å². The van der Waals surface area contributed by atoms with E-state index in [1.165, 1.54) is 42.0 Å². The highest BCUT2D eigenvalue weighted by atomic mass is 19.4. The average Bonchev–Trinajstić information content (AvgIpc) is 3.77. The monoisotopic (exact) mass is 564 g/mol. The molecule has 40 heavy (non-hydrogen) atoms. The van der Waals surface area contributed by atoms with Crippen LogP contribution in [0.5, 0.6) is 5.75 Å². The number of piperidine rings is 1. The zero-order chi connectivity index (χ0) is 28.5. The van der Waals surface area contributed by atoms with E-state index in [0.717, 1.165) is 48.7 Å². The molecule has 2 fully saturated rings. The number of aliphatic hydroxyl groups is 1. The van der Waals surface area contributed by atoms with Crippen LogP contribution >= 0.6 is 0 Å². The zero-order valence-corrected chi connectivity index (χ0v) is 21.9. The molecular weight excluding hydrogens is 532 g/mol. The van der Waals surface area contributed by atoms with Gasteiger partial charge in [0, 0.05) is 24.3 Å². The number of benzene rings is 3. The van der Waals surface area contributed by atoms with Crippen LogP contribution in [0.3, 0.4) is 0 Å². The summed E-state index contributed by atoms with van der Waals surface area (Å²) in [7, 11) is 0. The minimum atomic E-state index is -4.54. The topological polar surface area (TPSA) is 33.9 Å². The summed E-state index contributed by atoms with van der Waals surface area (Å²) in [6.45, 7) is 2.93. The van der Waals surface area contributed by atoms with Gasteiger partial charge in [-0.15, -0.1) is 0 Å². The molecule has 0 atom stereocenters. The molecule has 214 valence electrons. The number of hydrogen-bond donors (Lipinski definition) is 2. The zero-order valence-electron chi connectivity index (χ0n) is 21.9. The van der Waals surface area contributed by atoms with E-state index < -0.39 is 29.1 Å². The molecule has 0 unspecified atom stereocenters. The van der Waals surface area contributed by atoms with Crippen LogP contribution in [0.2, 0.25) is 0 Å². The van der Waals surface area contributed by atoms with Gasteiger partial charge in [0.1, 0.15) is 17.9 Å². The van der Waals surface area contributed by atoms with Crippen LogP contribution in [0.25, 0.3) is 0 Å². The van der Waals surface area contributed by atoms with Crippen molar-refractivity contribution in [2.75, 3.05) is 19.7 Å². The van der Waals surface area contributed by atoms with Crippen LogP contribution in [0, 0.1) is 11.8 Å². The lowest BCUT2D eigenvalue weighted by molar-refractivity contribution is -0.920. The maximum absolute atomic E-state index is 13.2. The molecule has 5 rings (SSSR count). The SMILES string of the molecule is OC(c1ccc(C(F)(F)F)cc1)(c1ccc(C(F)(F)F)cc1)C1CC[NH+](Cc2ccc(OCC3CC3)cc2)CC1. The van der Waals surface area contributed by atoms with Crippen LogP contribution in [-0.4, -0.2) is 24.8 Å². The van der Waals surface area contributed by atoms with Crippen molar-refractivity contribution < 1.29 is 41.1 Å². The lowest BCUT2D eigenvalue weighted by Gasteiger charge is -2.41. The van der Waals surface area contributed by atoms with Gasteiger partial charge in [0.25, 0.3) is 0 Å². The molecule has 3 aromatic rings. The third-order valence-electron chi connectivity index (χ3n) is 8.15. The van der Waals surface area contributed by atoms with Crippen molar-refractivity contribution >= 4 is 0 Å². The standard InChI is InChI=1S/C31H31F6NO2/c32-30(33,34)26-9-5-23(6-10-26)29(39,24-7-11-27(12-8-24)31(35,36)37)25-15-17-38(18-16-25)19-21-3-13-28(14-4-21)40-20-22-1-2-22/h3-14,22,25,39H,1-2,15-20H2/p+1. The Labute approximate surface area is 229 Å². The van der Waals surface area contributed by atoms with Gasteiger partial charge in [-0.05, 0) is 78.4 Å². The maximum atomic E-state index is 13.2. The average molecular weight is 565 g/mol. The van der Waals surface area contributed by atoms with Gasteiger partial charge in [-0.2, -0.15) is 26.3 Å². The molecule has 1 saturated carbocycles. The van der Waals surface area contributed by atoms with E-state index >= 15 is 0 Å². The summed E-state index contributed by atoms with van der Waals surface area (Å²) in [5.74, 6) is 1.14. The summed E-state index contributed by atoms with van der Waals surface area (Å²) in [5, 5.41) is 12.1. The Morgan fingerprint density at radius 3 is 1.52 bits per heavy atom. The van der Waals surface area contributed by atoms with Crippen molar-refractivity contribution in [2.45, 2.75) is 50.2 Å². The van der Waals surface area contributed by atoms with Gasteiger partial charge in [0.2, 0.25) is 0 Å². The fourth-order valence-corrected chi connectivity index (χ4v) is 5.58. The molecule has 2 N–H and O–H groups in total. The van der Waals surface area contributed by atoms with Gasteiger partial charge in [-0.1, -0.05) is 24.3 Å². The number of quaternary nitrogens is 1. The minimum absolute atomic E-state index is 0.232. The lowest BCUT2D eigenvalue weighted by atomic mass is 9.71. The molecule has 3 aromatic carbocycles. The van der Waals surface area contributed by atoms with Crippen molar-refractivity contribution in [3.05, 3.63) is 101 Å². The second-order valence-corrected chi connectivity index (χ2v) is 11.0. The number of ether oxygens (including phenoxy) is 1. The predicted molar refractivity (Wildman–Crippen MR) is 138 cm³/mol. The predicted octanol–water partition coefficient (Wildman–Crippen LogP) is 6.24. The first-order valence-electron chi connectivity index (χ1n) is 13.6. The van der Waals surface area contributed by atoms with Crippen LogP contribution < -0.4 is 9.64 Å². The Morgan fingerprint density at radius 1 is 0.650 bits per heavy atom. The third-order valence-corrected chi connectivity index (χ3v) is 8.15. The maximum Gasteiger partial charge on any atom is 0.416 e.